The van der Waals surface area contributed by atoms with E-state index in [4.69, 9.17) is 4.74 Å². The zero-order chi connectivity index (χ0) is 14.7. The van der Waals surface area contributed by atoms with Gasteiger partial charge in [-0.05, 0) is 24.7 Å². The smallest absolute Gasteiger partial charge is 0.226 e. The Bertz CT molecular complexity index is 345. The van der Waals surface area contributed by atoms with E-state index in [1.54, 1.807) is 0 Å². The molecule has 21 heavy (non-hydrogen) atoms. The first-order valence-corrected chi connectivity index (χ1v) is 8.51. The molecule has 3 atom stereocenters. The van der Waals surface area contributed by atoms with Crippen molar-refractivity contribution in [2.75, 3.05) is 52.5 Å². The molecule has 1 heterocycles. The molecular formula is C16H28N2O3. The van der Waals surface area contributed by atoms with Crippen molar-refractivity contribution >= 4 is 5.91 Å². The summed E-state index contributed by atoms with van der Waals surface area (Å²) in [5, 5.41) is 9.26. The molecule has 1 unspecified atom stereocenters. The molecule has 2 saturated carbocycles. The Kier molecular flexibility index (Phi) is 5.14. The van der Waals surface area contributed by atoms with Gasteiger partial charge in [-0.1, -0.05) is 12.8 Å². The van der Waals surface area contributed by atoms with Crippen molar-refractivity contribution < 1.29 is 14.6 Å². The zero-order valence-electron chi connectivity index (χ0n) is 12.9. The molecular weight excluding hydrogens is 268 g/mol. The van der Waals surface area contributed by atoms with Crippen LogP contribution in [0.3, 0.4) is 0 Å². The summed E-state index contributed by atoms with van der Waals surface area (Å²) < 4.78 is 5.35. The maximum atomic E-state index is 12.7. The minimum atomic E-state index is 0.0664. The molecule has 0 spiro atoms. The number of carbonyl (C=O) groups is 1. The molecule has 1 saturated heterocycles. The predicted molar refractivity (Wildman–Crippen MR) is 79.9 cm³/mol. The number of morpholine rings is 1. The van der Waals surface area contributed by atoms with E-state index in [-0.39, 0.29) is 12.5 Å². The fourth-order valence-electron chi connectivity index (χ4n) is 4.11. The summed E-state index contributed by atoms with van der Waals surface area (Å²) in [6.45, 7) is 5.69. The van der Waals surface area contributed by atoms with E-state index in [1.165, 1.54) is 25.7 Å². The Morgan fingerprint density at radius 1 is 1.14 bits per heavy atom. The molecule has 1 N–H and O–H groups in total. The predicted octanol–water partition coefficient (Wildman–Crippen LogP) is 0.576. The fraction of sp³-hybridized carbons (Fsp3) is 0.938. The van der Waals surface area contributed by atoms with Crippen LogP contribution in [0.4, 0.5) is 0 Å². The molecule has 1 amide bonds. The second kappa shape index (κ2) is 7.07. The van der Waals surface area contributed by atoms with Gasteiger partial charge in [-0.25, -0.2) is 0 Å². The van der Waals surface area contributed by atoms with E-state index < -0.39 is 0 Å². The lowest BCUT2D eigenvalue weighted by atomic mass is 10.0. The van der Waals surface area contributed by atoms with Gasteiger partial charge in [-0.15, -0.1) is 0 Å². The number of aliphatic hydroxyl groups is 1. The van der Waals surface area contributed by atoms with Crippen LogP contribution in [-0.2, 0) is 9.53 Å². The Labute approximate surface area is 127 Å². The molecule has 0 aromatic carbocycles. The molecule has 0 bridgehead atoms. The first kappa shape index (κ1) is 15.3. The number of ether oxygens (including phenoxy) is 1. The third-order valence-corrected chi connectivity index (χ3v) is 5.41. The van der Waals surface area contributed by atoms with Crippen molar-refractivity contribution in [2.45, 2.75) is 25.7 Å². The highest BCUT2D eigenvalue weighted by Gasteiger charge is 2.55. The molecule has 3 aliphatic rings. The van der Waals surface area contributed by atoms with E-state index >= 15 is 0 Å². The van der Waals surface area contributed by atoms with Crippen molar-refractivity contribution in [3.63, 3.8) is 0 Å². The van der Waals surface area contributed by atoms with E-state index in [0.717, 1.165) is 39.4 Å². The molecule has 5 nitrogen and oxygen atoms in total. The van der Waals surface area contributed by atoms with Gasteiger partial charge in [0, 0.05) is 38.6 Å². The quantitative estimate of drug-likeness (QED) is 0.779. The Morgan fingerprint density at radius 3 is 2.43 bits per heavy atom. The maximum absolute atomic E-state index is 12.7. The number of fused-ring (bicyclic) bond motifs is 1. The van der Waals surface area contributed by atoms with Gasteiger partial charge in [0.15, 0.2) is 0 Å². The van der Waals surface area contributed by atoms with Crippen LogP contribution in [0.15, 0.2) is 0 Å². The molecule has 3 rings (SSSR count). The number of carbonyl (C=O) groups excluding carboxylic acids is 1. The Hall–Kier alpha value is -0.650. The van der Waals surface area contributed by atoms with Gasteiger partial charge in [0.05, 0.1) is 19.8 Å². The summed E-state index contributed by atoms with van der Waals surface area (Å²) in [7, 11) is 0. The lowest BCUT2D eigenvalue weighted by Gasteiger charge is -2.30. The summed E-state index contributed by atoms with van der Waals surface area (Å²) in [5.74, 6) is 1.87. The van der Waals surface area contributed by atoms with Gasteiger partial charge in [0.2, 0.25) is 5.91 Å². The molecule has 0 aromatic heterocycles. The first-order chi connectivity index (χ1) is 10.3. The number of amides is 1. The van der Waals surface area contributed by atoms with Crippen LogP contribution in [0, 0.1) is 17.8 Å². The van der Waals surface area contributed by atoms with Crippen molar-refractivity contribution in [1.29, 1.82) is 0 Å². The lowest BCUT2D eigenvalue weighted by molar-refractivity contribution is -0.134. The minimum absolute atomic E-state index is 0.0664. The average Bonchev–Trinajstić information content (AvgIpc) is 3.26. The van der Waals surface area contributed by atoms with Gasteiger partial charge in [-0.2, -0.15) is 0 Å². The van der Waals surface area contributed by atoms with Gasteiger partial charge < -0.3 is 14.7 Å². The van der Waals surface area contributed by atoms with Crippen LogP contribution >= 0.6 is 0 Å². The largest absolute Gasteiger partial charge is 0.395 e. The van der Waals surface area contributed by atoms with Gasteiger partial charge in [0.25, 0.3) is 0 Å². The number of nitrogens with zero attached hydrogens (tertiary/aromatic N) is 2. The highest BCUT2D eigenvalue weighted by atomic mass is 16.5. The fourth-order valence-corrected chi connectivity index (χ4v) is 4.11. The summed E-state index contributed by atoms with van der Waals surface area (Å²) >= 11 is 0. The molecule has 1 aliphatic heterocycles. The molecule has 5 heteroatoms. The van der Waals surface area contributed by atoms with Crippen molar-refractivity contribution in [1.82, 2.24) is 9.80 Å². The van der Waals surface area contributed by atoms with Crippen LogP contribution in [0.2, 0.25) is 0 Å². The molecule has 0 radical (unpaired) electrons. The summed E-state index contributed by atoms with van der Waals surface area (Å²) in [4.78, 5) is 17.0. The minimum Gasteiger partial charge on any atom is -0.395 e. The van der Waals surface area contributed by atoms with Gasteiger partial charge in [0.1, 0.15) is 0 Å². The SMILES string of the molecule is O=C(C1[C@H]2CCCC[C@@H]12)N(CCO)CCN1CCOCC1. The number of aliphatic hydroxyl groups excluding tert-OH is 1. The van der Waals surface area contributed by atoms with Crippen molar-refractivity contribution in [3.05, 3.63) is 0 Å². The first-order valence-electron chi connectivity index (χ1n) is 8.51. The molecule has 0 aromatic rings. The van der Waals surface area contributed by atoms with E-state index in [1.807, 2.05) is 4.90 Å². The highest BCUT2D eigenvalue weighted by molar-refractivity contribution is 5.82. The van der Waals surface area contributed by atoms with Crippen LogP contribution in [0.1, 0.15) is 25.7 Å². The third kappa shape index (κ3) is 3.58. The zero-order valence-corrected chi connectivity index (χ0v) is 12.9. The topological polar surface area (TPSA) is 53.0 Å². The maximum Gasteiger partial charge on any atom is 0.226 e. The highest BCUT2D eigenvalue weighted by Crippen LogP contribution is 2.56. The number of hydrogen-bond donors (Lipinski definition) is 1. The van der Waals surface area contributed by atoms with Crippen LogP contribution in [0.25, 0.3) is 0 Å². The number of hydrogen-bond acceptors (Lipinski definition) is 4. The monoisotopic (exact) mass is 296 g/mol. The van der Waals surface area contributed by atoms with Crippen molar-refractivity contribution in [3.8, 4) is 0 Å². The van der Waals surface area contributed by atoms with E-state index in [9.17, 15) is 9.90 Å². The standard InChI is InChI=1S/C16H28N2O3/c19-10-7-18(6-5-17-8-11-21-12-9-17)16(20)15-13-3-1-2-4-14(13)15/h13-15,19H,1-12H2/t13-,14+,15?. The van der Waals surface area contributed by atoms with Crippen LogP contribution in [0.5, 0.6) is 0 Å². The summed E-state index contributed by atoms with van der Waals surface area (Å²) in [6, 6.07) is 0. The van der Waals surface area contributed by atoms with Crippen LogP contribution in [-0.4, -0.2) is 73.4 Å². The average molecular weight is 296 g/mol. The molecule has 120 valence electrons. The summed E-state index contributed by atoms with van der Waals surface area (Å²) in [6.07, 6.45) is 5.05. The third-order valence-electron chi connectivity index (χ3n) is 5.41. The van der Waals surface area contributed by atoms with E-state index in [0.29, 0.717) is 24.3 Å². The second-order valence-electron chi connectivity index (χ2n) is 6.64. The summed E-state index contributed by atoms with van der Waals surface area (Å²) in [5.41, 5.74) is 0. The van der Waals surface area contributed by atoms with Gasteiger partial charge >= 0.3 is 0 Å². The Balaban J connectivity index is 1.50. The van der Waals surface area contributed by atoms with Gasteiger partial charge in [-0.3, -0.25) is 9.69 Å². The Morgan fingerprint density at radius 2 is 1.81 bits per heavy atom. The van der Waals surface area contributed by atoms with Crippen LogP contribution < -0.4 is 0 Å². The number of rotatable bonds is 6. The van der Waals surface area contributed by atoms with Crippen molar-refractivity contribution in [2.24, 2.45) is 17.8 Å². The second-order valence-corrected chi connectivity index (χ2v) is 6.64. The normalized spacial score (nSPS) is 32.5. The molecule has 3 fully saturated rings. The lowest BCUT2D eigenvalue weighted by Crippen LogP contribution is -2.44. The molecule has 2 aliphatic carbocycles. The van der Waals surface area contributed by atoms with E-state index in [2.05, 4.69) is 4.90 Å².